The number of para-hydroxylation sites is 1. The standard InChI is InChI=1S/C15H23N3O2/c1-11(2)7-8-14(19)18-13-6-4-3-5-12(13)15(20)17-10-9-16/h3-6,11H,7-10,16H2,1-2H3,(H,17,20)(H,18,19). The minimum absolute atomic E-state index is 0.0715. The second-order valence-electron chi connectivity index (χ2n) is 5.07. The van der Waals surface area contributed by atoms with Gasteiger partial charge in [-0.3, -0.25) is 9.59 Å². The summed E-state index contributed by atoms with van der Waals surface area (Å²) in [6, 6.07) is 6.97. The van der Waals surface area contributed by atoms with Crippen molar-refractivity contribution >= 4 is 17.5 Å². The smallest absolute Gasteiger partial charge is 0.253 e. The molecule has 4 N–H and O–H groups in total. The van der Waals surface area contributed by atoms with E-state index < -0.39 is 0 Å². The predicted molar refractivity (Wildman–Crippen MR) is 80.5 cm³/mol. The SMILES string of the molecule is CC(C)CCC(=O)Nc1ccccc1C(=O)NCCN. The van der Waals surface area contributed by atoms with E-state index in [1.165, 1.54) is 0 Å². The van der Waals surface area contributed by atoms with Crippen LogP contribution in [0.2, 0.25) is 0 Å². The number of amides is 2. The molecule has 0 spiro atoms. The third kappa shape index (κ3) is 5.40. The van der Waals surface area contributed by atoms with Crippen LogP contribution in [0.25, 0.3) is 0 Å². The fraction of sp³-hybridized carbons (Fsp3) is 0.467. The first-order valence-corrected chi connectivity index (χ1v) is 6.91. The van der Waals surface area contributed by atoms with Crippen LogP contribution in [0.15, 0.2) is 24.3 Å². The van der Waals surface area contributed by atoms with E-state index in [9.17, 15) is 9.59 Å². The summed E-state index contributed by atoms with van der Waals surface area (Å²) in [5.41, 5.74) is 6.35. The van der Waals surface area contributed by atoms with Crippen molar-refractivity contribution in [2.24, 2.45) is 11.7 Å². The fourth-order valence-corrected chi connectivity index (χ4v) is 1.70. The Balaban J connectivity index is 2.70. The maximum Gasteiger partial charge on any atom is 0.253 e. The van der Waals surface area contributed by atoms with Crippen LogP contribution in [0.3, 0.4) is 0 Å². The van der Waals surface area contributed by atoms with E-state index in [1.54, 1.807) is 24.3 Å². The van der Waals surface area contributed by atoms with Crippen LogP contribution < -0.4 is 16.4 Å². The van der Waals surface area contributed by atoms with E-state index in [0.717, 1.165) is 6.42 Å². The zero-order chi connectivity index (χ0) is 15.0. The Morgan fingerprint density at radius 2 is 1.95 bits per heavy atom. The van der Waals surface area contributed by atoms with Crippen LogP contribution in [0, 0.1) is 5.92 Å². The van der Waals surface area contributed by atoms with E-state index in [2.05, 4.69) is 24.5 Å². The Labute approximate surface area is 119 Å². The lowest BCUT2D eigenvalue weighted by Gasteiger charge is -2.11. The molecule has 0 bridgehead atoms. The number of nitrogens with two attached hydrogens (primary N) is 1. The van der Waals surface area contributed by atoms with Crippen molar-refractivity contribution in [1.82, 2.24) is 5.32 Å². The van der Waals surface area contributed by atoms with Gasteiger partial charge in [0.15, 0.2) is 0 Å². The third-order valence-corrected chi connectivity index (χ3v) is 2.82. The lowest BCUT2D eigenvalue weighted by Crippen LogP contribution is -2.30. The molecule has 110 valence electrons. The molecule has 1 aromatic carbocycles. The van der Waals surface area contributed by atoms with Gasteiger partial charge in [-0.1, -0.05) is 26.0 Å². The van der Waals surface area contributed by atoms with Crippen molar-refractivity contribution in [1.29, 1.82) is 0 Å². The van der Waals surface area contributed by atoms with Crippen molar-refractivity contribution in [3.8, 4) is 0 Å². The summed E-state index contributed by atoms with van der Waals surface area (Å²) in [7, 11) is 0. The van der Waals surface area contributed by atoms with Crippen LogP contribution in [0.1, 0.15) is 37.0 Å². The molecule has 0 aliphatic carbocycles. The molecule has 0 saturated carbocycles. The number of anilines is 1. The van der Waals surface area contributed by atoms with Gasteiger partial charge in [0.1, 0.15) is 0 Å². The summed E-state index contributed by atoms with van der Waals surface area (Å²) in [5.74, 6) is 0.178. The van der Waals surface area contributed by atoms with E-state index in [0.29, 0.717) is 36.7 Å². The van der Waals surface area contributed by atoms with Gasteiger partial charge in [0.25, 0.3) is 5.91 Å². The molecule has 1 aromatic rings. The molecule has 2 amide bonds. The van der Waals surface area contributed by atoms with Gasteiger partial charge in [0.2, 0.25) is 5.91 Å². The fourth-order valence-electron chi connectivity index (χ4n) is 1.70. The quantitative estimate of drug-likeness (QED) is 0.710. The second-order valence-corrected chi connectivity index (χ2v) is 5.07. The summed E-state index contributed by atoms with van der Waals surface area (Å²) in [4.78, 5) is 23.8. The number of benzene rings is 1. The topological polar surface area (TPSA) is 84.2 Å². The minimum atomic E-state index is -0.227. The zero-order valence-electron chi connectivity index (χ0n) is 12.1. The monoisotopic (exact) mass is 277 g/mol. The first-order chi connectivity index (χ1) is 9.54. The van der Waals surface area contributed by atoms with Crippen molar-refractivity contribution < 1.29 is 9.59 Å². The Morgan fingerprint density at radius 3 is 2.60 bits per heavy atom. The molecule has 0 unspecified atom stereocenters. The Kier molecular flexibility index (Phi) is 6.73. The van der Waals surface area contributed by atoms with Crippen molar-refractivity contribution in [3.05, 3.63) is 29.8 Å². The highest BCUT2D eigenvalue weighted by Gasteiger charge is 2.12. The molecule has 0 atom stereocenters. The van der Waals surface area contributed by atoms with E-state index in [-0.39, 0.29) is 11.8 Å². The maximum absolute atomic E-state index is 12.0. The number of hydrogen-bond acceptors (Lipinski definition) is 3. The van der Waals surface area contributed by atoms with Crippen LogP contribution >= 0.6 is 0 Å². The first kappa shape index (κ1) is 16.2. The number of rotatable bonds is 7. The first-order valence-electron chi connectivity index (χ1n) is 6.91. The maximum atomic E-state index is 12.0. The molecule has 0 radical (unpaired) electrons. The predicted octanol–water partition coefficient (Wildman–Crippen LogP) is 1.75. The van der Waals surface area contributed by atoms with Gasteiger partial charge in [0.05, 0.1) is 11.3 Å². The summed E-state index contributed by atoms with van der Waals surface area (Å²) in [6.07, 6.45) is 1.28. The molecular weight excluding hydrogens is 254 g/mol. The molecule has 0 heterocycles. The van der Waals surface area contributed by atoms with Crippen LogP contribution in [-0.4, -0.2) is 24.9 Å². The van der Waals surface area contributed by atoms with E-state index in [1.807, 2.05) is 0 Å². The summed E-state index contributed by atoms with van der Waals surface area (Å²) in [6.45, 7) is 4.94. The van der Waals surface area contributed by atoms with E-state index >= 15 is 0 Å². The molecule has 0 saturated heterocycles. The Bertz CT molecular complexity index is 458. The molecule has 1 rings (SSSR count). The average Bonchev–Trinajstić information content (AvgIpc) is 2.43. The zero-order valence-corrected chi connectivity index (χ0v) is 12.1. The van der Waals surface area contributed by atoms with E-state index in [4.69, 9.17) is 5.73 Å². The van der Waals surface area contributed by atoms with Gasteiger partial charge in [-0.15, -0.1) is 0 Å². The highest BCUT2D eigenvalue weighted by Crippen LogP contribution is 2.16. The number of carbonyl (C=O) groups is 2. The molecule has 5 nitrogen and oxygen atoms in total. The normalized spacial score (nSPS) is 10.4. The summed E-state index contributed by atoms with van der Waals surface area (Å²) >= 11 is 0. The highest BCUT2D eigenvalue weighted by atomic mass is 16.2. The van der Waals surface area contributed by atoms with Crippen LogP contribution in [-0.2, 0) is 4.79 Å². The summed E-state index contributed by atoms with van der Waals surface area (Å²) < 4.78 is 0. The van der Waals surface area contributed by atoms with Gasteiger partial charge >= 0.3 is 0 Å². The molecule has 20 heavy (non-hydrogen) atoms. The average molecular weight is 277 g/mol. The number of nitrogens with one attached hydrogen (secondary N) is 2. The van der Waals surface area contributed by atoms with Crippen LogP contribution in [0.5, 0.6) is 0 Å². The number of hydrogen-bond donors (Lipinski definition) is 3. The van der Waals surface area contributed by atoms with Crippen LogP contribution in [0.4, 0.5) is 5.69 Å². The van der Waals surface area contributed by atoms with Crippen molar-refractivity contribution in [2.45, 2.75) is 26.7 Å². The molecule has 0 fully saturated rings. The third-order valence-electron chi connectivity index (χ3n) is 2.82. The van der Waals surface area contributed by atoms with Gasteiger partial charge in [-0.25, -0.2) is 0 Å². The van der Waals surface area contributed by atoms with Gasteiger partial charge in [-0.05, 0) is 24.5 Å². The highest BCUT2D eigenvalue weighted by molar-refractivity contribution is 6.03. The van der Waals surface area contributed by atoms with Gasteiger partial charge < -0.3 is 16.4 Å². The van der Waals surface area contributed by atoms with Gasteiger partial charge in [-0.2, -0.15) is 0 Å². The lowest BCUT2D eigenvalue weighted by molar-refractivity contribution is -0.116. The van der Waals surface area contributed by atoms with Crippen molar-refractivity contribution in [2.75, 3.05) is 18.4 Å². The molecule has 0 aliphatic heterocycles. The Hall–Kier alpha value is -1.88. The molecule has 0 aliphatic rings. The second kappa shape index (κ2) is 8.32. The molecule has 5 heteroatoms. The number of carbonyl (C=O) groups excluding carboxylic acids is 2. The molecular formula is C15H23N3O2. The minimum Gasteiger partial charge on any atom is -0.351 e. The largest absolute Gasteiger partial charge is 0.351 e. The summed E-state index contributed by atoms with van der Waals surface area (Å²) in [5, 5.41) is 5.49. The van der Waals surface area contributed by atoms with Gasteiger partial charge in [0, 0.05) is 19.5 Å². The van der Waals surface area contributed by atoms with Crippen molar-refractivity contribution in [3.63, 3.8) is 0 Å². The molecule has 0 aromatic heterocycles. The lowest BCUT2D eigenvalue weighted by atomic mass is 10.1. The Morgan fingerprint density at radius 1 is 1.25 bits per heavy atom.